The lowest BCUT2D eigenvalue weighted by molar-refractivity contribution is -0.120. The summed E-state index contributed by atoms with van der Waals surface area (Å²) < 4.78 is 5.22. The number of hydrogen-bond acceptors (Lipinski definition) is 3. The van der Waals surface area contributed by atoms with Crippen LogP contribution in [0.1, 0.15) is 24.8 Å². The lowest BCUT2D eigenvalue weighted by atomic mass is 10.0. The first-order valence-corrected chi connectivity index (χ1v) is 6.60. The summed E-state index contributed by atoms with van der Waals surface area (Å²) in [5.74, 6) is 2.34. The van der Waals surface area contributed by atoms with Crippen LogP contribution in [0.15, 0.2) is 18.2 Å². The average Bonchev–Trinajstić information content (AvgIpc) is 3.05. The molecular weight excluding hydrogens is 240 g/mol. The van der Waals surface area contributed by atoms with Crippen molar-refractivity contribution < 1.29 is 9.53 Å². The van der Waals surface area contributed by atoms with Gasteiger partial charge in [0.1, 0.15) is 5.75 Å². The van der Waals surface area contributed by atoms with Gasteiger partial charge in [0.15, 0.2) is 0 Å². The second-order valence-corrected chi connectivity index (χ2v) is 5.44. The van der Waals surface area contributed by atoms with Gasteiger partial charge >= 0.3 is 0 Å². The standard InChI is InChI=1S/C15H16N2O2/c1-19-14-4-9(8-16)2-3-13(14)17-15(18)12-6-10-5-11(10)7-12/h2-4,10-12H,5-7H2,1H3,(H,17,18). The van der Waals surface area contributed by atoms with Crippen LogP contribution in [-0.4, -0.2) is 13.0 Å². The number of hydrogen-bond donors (Lipinski definition) is 1. The molecule has 0 spiro atoms. The highest BCUT2D eigenvalue weighted by Crippen LogP contribution is 2.54. The highest BCUT2D eigenvalue weighted by Gasteiger charge is 2.48. The van der Waals surface area contributed by atoms with E-state index in [0.717, 1.165) is 24.7 Å². The van der Waals surface area contributed by atoms with E-state index >= 15 is 0 Å². The monoisotopic (exact) mass is 256 g/mol. The molecule has 1 amide bonds. The Morgan fingerprint density at radius 2 is 2.11 bits per heavy atom. The van der Waals surface area contributed by atoms with Gasteiger partial charge in [-0.1, -0.05) is 0 Å². The molecule has 2 aliphatic carbocycles. The molecule has 3 rings (SSSR count). The summed E-state index contributed by atoms with van der Waals surface area (Å²) in [4.78, 5) is 12.2. The van der Waals surface area contributed by atoms with Crippen molar-refractivity contribution in [3.8, 4) is 11.8 Å². The summed E-state index contributed by atoms with van der Waals surface area (Å²) in [6.07, 6.45) is 3.36. The van der Waals surface area contributed by atoms with Crippen molar-refractivity contribution in [3.05, 3.63) is 23.8 Å². The zero-order valence-electron chi connectivity index (χ0n) is 10.8. The van der Waals surface area contributed by atoms with Crippen LogP contribution in [0.3, 0.4) is 0 Å². The number of amides is 1. The van der Waals surface area contributed by atoms with E-state index in [1.807, 2.05) is 0 Å². The minimum Gasteiger partial charge on any atom is -0.495 e. The fraction of sp³-hybridized carbons (Fsp3) is 0.467. The van der Waals surface area contributed by atoms with Crippen molar-refractivity contribution >= 4 is 11.6 Å². The third-order valence-corrected chi connectivity index (χ3v) is 4.20. The van der Waals surface area contributed by atoms with Gasteiger partial charge in [-0.05, 0) is 43.2 Å². The van der Waals surface area contributed by atoms with Gasteiger partial charge in [-0.25, -0.2) is 0 Å². The van der Waals surface area contributed by atoms with Gasteiger partial charge in [0.05, 0.1) is 24.4 Å². The summed E-state index contributed by atoms with van der Waals surface area (Å²) in [7, 11) is 1.54. The molecule has 2 saturated carbocycles. The van der Waals surface area contributed by atoms with E-state index < -0.39 is 0 Å². The van der Waals surface area contributed by atoms with E-state index in [1.54, 1.807) is 18.2 Å². The van der Waals surface area contributed by atoms with Gasteiger partial charge in [-0.3, -0.25) is 4.79 Å². The number of nitriles is 1. The van der Waals surface area contributed by atoms with Gasteiger partial charge in [-0.2, -0.15) is 5.26 Å². The van der Waals surface area contributed by atoms with Crippen molar-refractivity contribution in [1.29, 1.82) is 5.26 Å². The highest BCUT2D eigenvalue weighted by molar-refractivity contribution is 5.94. The van der Waals surface area contributed by atoms with Crippen molar-refractivity contribution in [2.75, 3.05) is 12.4 Å². The number of carbonyl (C=O) groups is 1. The van der Waals surface area contributed by atoms with Gasteiger partial charge in [0.2, 0.25) is 5.91 Å². The summed E-state index contributed by atoms with van der Waals surface area (Å²) in [5, 5.41) is 11.8. The summed E-state index contributed by atoms with van der Waals surface area (Å²) in [6, 6.07) is 7.11. The molecule has 0 aliphatic heterocycles. The van der Waals surface area contributed by atoms with Crippen molar-refractivity contribution in [2.24, 2.45) is 17.8 Å². The summed E-state index contributed by atoms with van der Waals surface area (Å²) in [5.41, 5.74) is 1.17. The van der Waals surface area contributed by atoms with Gasteiger partial charge in [-0.15, -0.1) is 0 Å². The van der Waals surface area contributed by atoms with Crippen molar-refractivity contribution in [2.45, 2.75) is 19.3 Å². The summed E-state index contributed by atoms with van der Waals surface area (Å²) >= 11 is 0. The largest absolute Gasteiger partial charge is 0.495 e. The number of fused-ring (bicyclic) bond motifs is 1. The Morgan fingerprint density at radius 3 is 2.74 bits per heavy atom. The normalized spacial score (nSPS) is 27.3. The van der Waals surface area contributed by atoms with Gasteiger partial charge < -0.3 is 10.1 Å². The van der Waals surface area contributed by atoms with E-state index in [-0.39, 0.29) is 11.8 Å². The second kappa shape index (κ2) is 4.58. The SMILES string of the molecule is COc1cc(C#N)ccc1NC(=O)C1CC2CC2C1. The quantitative estimate of drug-likeness (QED) is 0.904. The topological polar surface area (TPSA) is 62.1 Å². The van der Waals surface area contributed by atoms with Crippen LogP contribution in [0.5, 0.6) is 5.75 Å². The molecule has 0 heterocycles. The summed E-state index contributed by atoms with van der Waals surface area (Å²) in [6.45, 7) is 0. The number of rotatable bonds is 3. The Bertz CT molecular complexity index is 552. The molecule has 2 atom stereocenters. The molecular formula is C15H16N2O2. The number of benzene rings is 1. The lowest BCUT2D eigenvalue weighted by Crippen LogP contribution is -2.21. The molecule has 2 unspecified atom stereocenters. The van der Waals surface area contributed by atoms with Crippen LogP contribution in [0, 0.1) is 29.1 Å². The fourth-order valence-corrected chi connectivity index (χ4v) is 3.03. The predicted molar refractivity (Wildman–Crippen MR) is 70.7 cm³/mol. The predicted octanol–water partition coefficient (Wildman–Crippen LogP) is 2.55. The number of nitrogens with one attached hydrogen (secondary N) is 1. The van der Waals surface area contributed by atoms with E-state index in [4.69, 9.17) is 10.00 Å². The molecule has 2 fully saturated rings. The molecule has 98 valence electrons. The minimum atomic E-state index is 0.0789. The Morgan fingerprint density at radius 1 is 1.37 bits per heavy atom. The number of methoxy groups -OCH3 is 1. The Balaban J connectivity index is 1.72. The van der Waals surface area contributed by atoms with E-state index in [9.17, 15) is 4.79 Å². The third kappa shape index (κ3) is 2.28. The van der Waals surface area contributed by atoms with Crippen LogP contribution in [0.25, 0.3) is 0 Å². The van der Waals surface area contributed by atoms with Crippen LogP contribution < -0.4 is 10.1 Å². The first-order chi connectivity index (χ1) is 9.21. The van der Waals surface area contributed by atoms with Gasteiger partial charge in [0.25, 0.3) is 0 Å². The van der Waals surface area contributed by atoms with Crippen molar-refractivity contribution in [1.82, 2.24) is 0 Å². The molecule has 0 aromatic heterocycles. The number of carbonyl (C=O) groups excluding carboxylic acids is 1. The zero-order valence-corrected chi connectivity index (χ0v) is 10.8. The molecule has 0 bridgehead atoms. The average molecular weight is 256 g/mol. The molecule has 4 nitrogen and oxygen atoms in total. The fourth-order valence-electron chi connectivity index (χ4n) is 3.03. The van der Waals surface area contributed by atoms with Crippen LogP contribution in [0.2, 0.25) is 0 Å². The first kappa shape index (κ1) is 12.0. The molecule has 0 radical (unpaired) electrons. The first-order valence-electron chi connectivity index (χ1n) is 6.60. The number of nitrogens with zero attached hydrogens (tertiary/aromatic N) is 1. The lowest BCUT2D eigenvalue weighted by Gasteiger charge is -2.14. The maximum atomic E-state index is 12.2. The van der Waals surface area contributed by atoms with E-state index in [0.29, 0.717) is 17.0 Å². The number of ether oxygens (including phenoxy) is 1. The van der Waals surface area contributed by atoms with Crippen molar-refractivity contribution in [3.63, 3.8) is 0 Å². The molecule has 1 N–H and O–H groups in total. The number of anilines is 1. The molecule has 1 aromatic rings. The second-order valence-electron chi connectivity index (χ2n) is 5.44. The maximum Gasteiger partial charge on any atom is 0.227 e. The van der Waals surface area contributed by atoms with E-state index in [1.165, 1.54) is 13.5 Å². The Labute approximate surface area is 112 Å². The molecule has 0 saturated heterocycles. The molecule has 19 heavy (non-hydrogen) atoms. The van der Waals surface area contributed by atoms with Crippen LogP contribution in [0.4, 0.5) is 5.69 Å². The minimum absolute atomic E-state index is 0.0789. The van der Waals surface area contributed by atoms with Crippen LogP contribution in [-0.2, 0) is 4.79 Å². The molecule has 4 heteroatoms. The third-order valence-electron chi connectivity index (χ3n) is 4.20. The zero-order chi connectivity index (χ0) is 13.4. The smallest absolute Gasteiger partial charge is 0.227 e. The Hall–Kier alpha value is -2.02. The van der Waals surface area contributed by atoms with Crippen LogP contribution >= 0.6 is 0 Å². The molecule has 2 aliphatic rings. The molecule has 1 aromatic carbocycles. The Kier molecular flexibility index (Phi) is 2.90. The highest BCUT2D eigenvalue weighted by atomic mass is 16.5. The van der Waals surface area contributed by atoms with Gasteiger partial charge in [0, 0.05) is 12.0 Å². The van der Waals surface area contributed by atoms with E-state index in [2.05, 4.69) is 11.4 Å². The maximum absolute atomic E-state index is 12.2.